The molecule has 1 aromatic rings. The Bertz CT molecular complexity index is 352. The zero-order valence-corrected chi connectivity index (χ0v) is 12.0. The van der Waals surface area contributed by atoms with Crippen molar-refractivity contribution in [3.05, 3.63) is 35.6 Å². The van der Waals surface area contributed by atoms with Gasteiger partial charge in [-0.05, 0) is 49.9 Å². The third-order valence-electron chi connectivity index (χ3n) is 4.46. The zero-order chi connectivity index (χ0) is 13.5. The van der Waals surface area contributed by atoms with Crippen molar-refractivity contribution in [2.75, 3.05) is 7.05 Å². The minimum atomic E-state index is -0.143. The Morgan fingerprint density at radius 2 is 1.63 bits per heavy atom. The Morgan fingerprint density at radius 3 is 2.21 bits per heavy atom. The molecule has 19 heavy (non-hydrogen) atoms. The molecule has 1 N–H and O–H groups in total. The molecule has 1 nitrogen and oxygen atoms in total. The molecule has 0 radical (unpaired) electrons. The number of rotatable bonds is 4. The van der Waals surface area contributed by atoms with Crippen molar-refractivity contribution in [1.29, 1.82) is 0 Å². The van der Waals surface area contributed by atoms with Crippen LogP contribution in [0.1, 0.15) is 50.5 Å². The summed E-state index contributed by atoms with van der Waals surface area (Å²) in [6.07, 6.45) is 10.6. The molecule has 0 saturated heterocycles. The van der Waals surface area contributed by atoms with Crippen LogP contribution < -0.4 is 5.32 Å². The highest BCUT2D eigenvalue weighted by Crippen LogP contribution is 2.26. The van der Waals surface area contributed by atoms with Crippen molar-refractivity contribution >= 4 is 0 Å². The van der Waals surface area contributed by atoms with Crippen molar-refractivity contribution in [1.82, 2.24) is 5.32 Å². The molecule has 0 aromatic heterocycles. The first-order chi connectivity index (χ1) is 9.29. The highest BCUT2D eigenvalue weighted by Gasteiger charge is 2.20. The van der Waals surface area contributed by atoms with Crippen LogP contribution in [-0.2, 0) is 6.42 Å². The lowest BCUT2D eigenvalue weighted by Crippen LogP contribution is -2.36. The molecule has 0 aliphatic heterocycles. The first-order valence-electron chi connectivity index (χ1n) is 7.71. The van der Waals surface area contributed by atoms with Crippen LogP contribution in [-0.4, -0.2) is 13.1 Å². The van der Waals surface area contributed by atoms with E-state index < -0.39 is 0 Å². The third kappa shape index (κ3) is 4.61. The summed E-state index contributed by atoms with van der Waals surface area (Å²) < 4.78 is 12.9. The van der Waals surface area contributed by atoms with E-state index in [2.05, 4.69) is 12.4 Å². The molecule has 1 fully saturated rings. The second-order valence-electron chi connectivity index (χ2n) is 5.83. The van der Waals surface area contributed by atoms with E-state index in [0.29, 0.717) is 6.04 Å². The van der Waals surface area contributed by atoms with Crippen molar-refractivity contribution in [3.63, 3.8) is 0 Å². The smallest absolute Gasteiger partial charge is 0.123 e. The monoisotopic (exact) mass is 263 g/mol. The average molecular weight is 263 g/mol. The lowest BCUT2D eigenvalue weighted by Gasteiger charge is -2.28. The Kier molecular flexibility index (Phi) is 5.84. The van der Waals surface area contributed by atoms with Gasteiger partial charge in [-0.25, -0.2) is 4.39 Å². The second-order valence-corrected chi connectivity index (χ2v) is 5.83. The molecule has 0 bridgehead atoms. The fourth-order valence-electron chi connectivity index (χ4n) is 3.27. The molecular formula is C17H26FN. The van der Waals surface area contributed by atoms with E-state index in [1.165, 1.54) is 50.5 Å². The molecule has 106 valence electrons. The maximum absolute atomic E-state index is 12.9. The number of likely N-dealkylation sites (N-methyl/N-ethyl adjacent to an activating group) is 1. The normalized spacial score (nSPS) is 19.7. The second kappa shape index (κ2) is 7.64. The van der Waals surface area contributed by atoms with Gasteiger partial charge in [-0.15, -0.1) is 0 Å². The van der Waals surface area contributed by atoms with Gasteiger partial charge in [-0.2, -0.15) is 0 Å². The highest BCUT2D eigenvalue weighted by molar-refractivity contribution is 5.17. The molecule has 0 amide bonds. The van der Waals surface area contributed by atoms with Crippen molar-refractivity contribution < 1.29 is 4.39 Å². The summed E-state index contributed by atoms with van der Waals surface area (Å²) in [6, 6.07) is 7.51. The molecule has 0 heterocycles. The topological polar surface area (TPSA) is 12.0 Å². The summed E-state index contributed by atoms with van der Waals surface area (Å²) in [7, 11) is 2.06. The van der Waals surface area contributed by atoms with Gasteiger partial charge in [0.2, 0.25) is 0 Å². The summed E-state index contributed by atoms with van der Waals surface area (Å²) in [5, 5.41) is 3.49. The first kappa shape index (κ1) is 14.5. The molecule has 1 aromatic carbocycles. The summed E-state index contributed by atoms with van der Waals surface area (Å²) in [6.45, 7) is 0. The van der Waals surface area contributed by atoms with Crippen molar-refractivity contribution in [3.8, 4) is 0 Å². The Hall–Kier alpha value is -0.890. The van der Waals surface area contributed by atoms with E-state index in [1.54, 1.807) is 12.1 Å². The molecular weight excluding hydrogens is 237 g/mol. The van der Waals surface area contributed by atoms with Crippen molar-refractivity contribution in [2.24, 2.45) is 5.92 Å². The van der Waals surface area contributed by atoms with E-state index in [-0.39, 0.29) is 5.82 Å². The largest absolute Gasteiger partial charge is 0.316 e. The standard InChI is InChI=1S/C17H26FN/c1-19-17(13-14-9-11-16(18)12-10-14)15-7-5-3-2-4-6-8-15/h9-12,15,17,19H,2-8,13H2,1H3. The zero-order valence-electron chi connectivity index (χ0n) is 12.0. The van der Waals surface area contributed by atoms with Gasteiger partial charge in [0.1, 0.15) is 5.82 Å². The van der Waals surface area contributed by atoms with E-state index in [1.807, 2.05) is 12.1 Å². The van der Waals surface area contributed by atoms with Crippen LogP contribution in [0.25, 0.3) is 0 Å². The number of halogens is 1. The van der Waals surface area contributed by atoms with E-state index in [4.69, 9.17) is 0 Å². The third-order valence-corrected chi connectivity index (χ3v) is 4.46. The van der Waals surface area contributed by atoms with E-state index >= 15 is 0 Å². The molecule has 2 rings (SSSR count). The number of benzene rings is 1. The van der Waals surface area contributed by atoms with Crippen LogP contribution in [0.5, 0.6) is 0 Å². The van der Waals surface area contributed by atoms with Gasteiger partial charge < -0.3 is 5.32 Å². The van der Waals surface area contributed by atoms with Gasteiger partial charge in [0.05, 0.1) is 0 Å². The lowest BCUT2D eigenvalue weighted by molar-refractivity contribution is 0.294. The van der Waals surface area contributed by atoms with Crippen LogP contribution in [0.2, 0.25) is 0 Å². The summed E-state index contributed by atoms with van der Waals surface area (Å²) >= 11 is 0. The number of hydrogen-bond donors (Lipinski definition) is 1. The molecule has 1 aliphatic rings. The van der Waals surface area contributed by atoms with Gasteiger partial charge >= 0.3 is 0 Å². The Morgan fingerprint density at radius 1 is 1.05 bits per heavy atom. The van der Waals surface area contributed by atoms with Crippen molar-refractivity contribution in [2.45, 2.75) is 57.4 Å². The van der Waals surface area contributed by atoms with Gasteiger partial charge in [-0.3, -0.25) is 0 Å². The number of nitrogens with one attached hydrogen (secondary N) is 1. The molecule has 2 heteroatoms. The SMILES string of the molecule is CNC(Cc1ccc(F)cc1)C1CCCCCCC1. The van der Waals surface area contributed by atoms with Gasteiger partial charge in [0.15, 0.2) is 0 Å². The highest BCUT2D eigenvalue weighted by atomic mass is 19.1. The lowest BCUT2D eigenvalue weighted by atomic mass is 9.83. The summed E-state index contributed by atoms with van der Waals surface area (Å²) in [5.41, 5.74) is 1.24. The predicted molar refractivity (Wildman–Crippen MR) is 78.8 cm³/mol. The van der Waals surface area contributed by atoms with E-state index in [0.717, 1.165) is 12.3 Å². The van der Waals surface area contributed by atoms with Crippen LogP contribution in [0.4, 0.5) is 4.39 Å². The molecule has 1 atom stereocenters. The predicted octanol–water partition coefficient (Wildman–Crippen LogP) is 4.32. The quantitative estimate of drug-likeness (QED) is 0.853. The first-order valence-corrected chi connectivity index (χ1v) is 7.71. The van der Waals surface area contributed by atoms with E-state index in [9.17, 15) is 4.39 Å². The molecule has 1 unspecified atom stereocenters. The molecule has 1 aliphatic carbocycles. The minimum absolute atomic E-state index is 0.143. The van der Waals surface area contributed by atoms with Gasteiger partial charge in [-0.1, -0.05) is 44.2 Å². The minimum Gasteiger partial charge on any atom is -0.316 e. The van der Waals surface area contributed by atoms with Crippen LogP contribution in [0, 0.1) is 11.7 Å². The summed E-state index contributed by atoms with van der Waals surface area (Å²) in [5.74, 6) is 0.631. The van der Waals surface area contributed by atoms with Crippen LogP contribution in [0.3, 0.4) is 0 Å². The average Bonchev–Trinajstić information content (AvgIpc) is 2.38. The number of hydrogen-bond acceptors (Lipinski definition) is 1. The Labute approximate surface area is 116 Å². The van der Waals surface area contributed by atoms with Crippen LogP contribution in [0.15, 0.2) is 24.3 Å². The Balaban J connectivity index is 1.95. The summed E-state index contributed by atoms with van der Waals surface area (Å²) in [4.78, 5) is 0. The molecule has 0 spiro atoms. The van der Waals surface area contributed by atoms with Crippen LogP contribution >= 0.6 is 0 Å². The maximum atomic E-state index is 12.9. The fourth-order valence-corrected chi connectivity index (χ4v) is 3.27. The molecule has 1 saturated carbocycles. The van der Waals surface area contributed by atoms with Gasteiger partial charge in [0.25, 0.3) is 0 Å². The fraction of sp³-hybridized carbons (Fsp3) is 0.647. The van der Waals surface area contributed by atoms with Gasteiger partial charge in [0, 0.05) is 6.04 Å². The maximum Gasteiger partial charge on any atom is 0.123 e.